The summed E-state index contributed by atoms with van der Waals surface area (Å²) in [4.78, 5) is 29.7. The molecule has 8 heteroatoms. The van der Waals surface area contributed by atoms with Crippen molar-refractivity contribution in [2.24, 2.45) is 0 Å². The number of carbonyl (C=O) groups is 2. The molecule has 2 aliphatic rings. The fraction of sp³-hybridized carbons (Fsp3) is 0.333. The summed E-state index contributed by atoms with van der Waals surface area (Å²) < 4.78 is 38.6. The van der Waals surface area contributed by atoms with Crippen LogP contribution in [0.15, 0.2) is 48.2 Å². The topological polar surface area (TPSA) is 59.1 Å². The lowest BCUT2D eigenvalue weighted by atomic mass is 10.0. The van der Waals surface area contributed by atoms with Crippen LogP contribution in [0.2, 0.25) is 0 Å². The number of imide groups is 1. The standard InChI is InChI=1S/C24H24F2N2O4/c1-4-31-18-8-5-16(6-9-18)21-22(27-12-14(2)32-15(3)13-27)24(30)28(23(21)29)17-7-10-19(25)20(26)11-17/h5-11,14-15H,4,12-13H2,1-3H3. The van der Waals surface area contributed by atoms with Gasteiger partial charge in [-0.2, -0.15) is 0 Å². The Hall–Kier alpha value is -3.26. The van der Waals surface area contributed by atoms with Crippen molar-refractivity contribution in [3.8, 4) is 5.75 Å². The van der Waals surface area contributed by atoms with Crippen LogP contribution in [0.4, 0.5) is 14.5 Å². The summed E-state index contributed by atoms with van der Waals surface area (Å²) in [5.41, 5.74) is 0.959. The molecule has 0 spiro atoms. The molecule has 2 amide bonds. The zero-order chi connectivity index (χ0) is 23.0. The van der Waals surface area contributed by atoms with Gasteiger partial charge in [0.1, 0.15) is 11.4 Å². The third-order valence-corrected chi connectivity index (χ3v) is 5.41. The highest BCUT2D eigenvalue weighted by Gasteiger charge is 2.44. The molecule has 4 rings (SSSR count). The number of carbonyl (C=O) groups excluding carboxylic acids is 2. The molecular weight excluding hydrogens is 418 g/mol. The third-order valence-electron chi connectivity index (χ3n) is 5.41. The Bertz CT molecular complexity index is 1070. The summed E-state index contributed by atoms with van der Waals surface area (Å²) in [5.74, 6) is -2.71. The first-order valence-corrected chi connectivity index (χ1v) is 10.5. The Kier molecular flexibility index (Phi) is 5.97. The summed E-state index contributed by atoms with van der Waals surface area (Å²) in [5, 5.41) is 0. The van der Waals surface area contributed by atoms with Crippen LogP contribution in [0.3, 0.4) is 0 Å². The second kappa shape index (κ2) is 8.70. The minimum absolute atomic E-state index is 0.0216. The molecule has 2 aromatic rings. The van der Waals surface area contributed by atoms with Gasteiger partial charge < -0.3 is 14.4 Å². The van der Waals surface area contributed by atoms with Crippen molar-refractivity contribution in [3.63, 3.8) is 0 Å². The average molecular weight is 442 g/mol. The zero-order valence-corrected chi connectivity index (χ0v) is 18.1. The number of rotatable bonds is 5. The van der Waals surface area contributed by atoms with E-state index >= 15 is 0 Å². The Morgan fingerprint density at radius 3 is 2.22 bits per heavy atom. The Balaban J connectivity index is 1.81. The molecule has 1 saturated heterocycles. The summed E-state index contributed by atoms with van der Waals surface area (Å²) >= 11 is 0. The molecule has 0 aliphatic carbocycles. The summed E-state index contributed by atoms with van der Waals surface area (Å²) in [6, 6.07) is 9.86. The van der Waals surface area contributed by atoms with Crippen LogP contribution in [0.25, 0.3) is 5.57 Å². The van der Waals surface area contributed by atoms with Gasteiger partial charge in [0.15, 0.2) is 11.6 Å². The van der Waals surface area contributed by atoms with Crippen LogP contribution >= 0.6 is 0 Å². The Morgan fingerprint density at radius 2 is 1.62 bits per heavy atom. The summed E-state index contributed by atoms with van der Waals surface area (Å²) in [6.45, 7) is 7.00. The monoisotopic (exact) mass is 442 g/mol. The molecule has 2 atom stereocenters. The molecule has 0 aromatic heterocycles. The zero-order valence-electron chi connectivity index (χ0n) is 18.1. The largest absolute Gasteiger partial charge is 0.494 e. The van der Waals surface area contributed by atoms with E-state index in [1.165, 1.54) is 6.07 Å². The highest BCUT2D eigenvalue weighted by atomic mass is 19.2. The van der Waals surface area contributed by atoms with E-state index < -0.39 is 23.4 Å². The maximum absolute atomic E-state index is 13.9. The number of nitrogens with zero attached hydrogens (tertiary/aromatic N) is 2. The van der Waals surface area contributed by atoms with E-state index in [2.05, 4.69) is 0 Å². The van der Waals surface area contributed by atoms with Crippen molar-refractivity contribution >= 4 is 23.1 Å². The van der Waals surface area contributed by atoms with Gasteiger partial charge in [0.05, 0.1) is 30.1 Å². The molecule has 2 heterocycles. The van der Waals surface area contributed by atoms with Crippen LogP contribution in [0, 0.1) is 11.6 Å². The number of hydrogen-bond donors (Lipinski definition) is 0. The fourth-order valence-corrected chi connectivity index (χ4v) is 4.18. The highest BCUT2D eigenvalue weighted by molar-refractivity contribution is 6.45. The van der Waals surface area contributed by atoms with Gasteiger partial charge in [0, 0.05) is 19.2 Å². The van der Waals surface area contributed by atoms with Gasteiger partial charge in [-0.05, 0) is 50.6 Å². The molecule has 2 unspecified atom stereocenters. The molecule has 0 bridgehead atoms. The molecule has 2 aromatic carbocycles. The first kappa shape index (κ1) is 22.0. The molecule has 32 heavy (non-hydrogen) atoms. The molecular formula is C24H24F2N2O4. The molecule has 6 nitrogen and oxygen atoms in total. The maximum atomic E-state index is 13.9. The van der Waals surface area contributed by atoms with Crippen LogP contribution in [-0.2, 0) is 14.3 Å². The minimum atomic E-state index is -1.13. The second-order valence-electron chi connectivity index (χ2n) is 7.89. The molecule has 0 saturated carbocycles. The van der Waals surface area contributed by atoms with Crippen molar-refractivity contribution < 1.29 is 27.8 Å². The van der Waals surface area contributed by atoms with E-state index in [1.807, 2.05) is 25.7 Å². The van der Waals surface area contributed by atoms with Gasteiger partial charge in [0.2, 0.25) is 0 Å². The number of morpholine rings is 1. The quantitative estimate of drug-likeness (QED) is 0.660. The number of benzene rings is 2. The molecule has 0 radical (unpaired) electrons. The summed E-state index contributed by atoms with van der Waals surface area (Å²) in [6.07, 6.45) is -0.291. The van der Waals surface area contributed by atoms with E-state index in [0.717, 1.165) is 17.0 Å². The van der Waals surface area contributed by atoms with Gasteiger partial charge in [-0.25, -0.2) is 13.7 Å². The fourth-order valence-electron chi connectivity index (χ4n) is 4.18. The average Bonchev–Trinajstić information content (AvgIpc) is 3.00. The van der Waals surface area contributed by atoms with E-state index in [9.17, 15) is 18.4 Å². The molecule has 2 aliphatic heterocycles. The van der Waals surface area contributed by atoms with Crippen LogP contribution in [0.5, 0.6) is 5.75 Å². The predicted molar refractivity (Wildman–Crippen MR) is 115 cm³/mol. The van der Waals surface area contributed by atoms with Crippen LogP contribution in [0.1, 0.15) is 26.3 Å². The third kappa shape index (κ3) is 3.98. The molecule has 1 fully saturated rings. The van der Waals surface area contributed by atoms with Crippen molar-refractivity contribution in [1.29, 1.82) is 0 Å². The lowest BCUT2D eigenvalue weighted by Crippen LogP contribution is -2.47. The summed E-state index contributed by atoms with van der Waals surface area (Å²) in [7, 11) is 0. The Labute approximate surface area is 185 Å². The smallest absolute Gasteiger partial charge is 0.282 e. The van der Waals surface area contributed by atoms with Crippen molar-refractivity contribution in [1.82, 2.24) is 4.90 Å². The van der Waals surface area contributed by atoms with Gasteiger partial charge in [-0.15, -0.1) is 0 Å². The minimum Gasteiger partial charge on any atom is -0.494 e. The van der Waals surface area contributed by atoms with Gasteiger partial charge in [-0.3, -0.25) is 9.59 Å². The first-order valence-electron chi connectivity index (χ1n) is 10.5. The van der Waals surface area contributed by atoms with Crippen molar-refractivity contribution in [2.45, 2.75) is 33.0 Å². The van der Waals surface area contributed by atoms with Gasteiger partial charge in [0.25, 0.3) is 11.8 Å². The van der Waals surface area contributed by atoms with E-state index in [4.69, 9.17) is 9.47 Å². The molecule has 0 N–H and O–H groups in total. The van der Waals surface area contributed by atoms with Crippen molar-refractivity contribution in [2.75, 3.05) is 24.6 Å². The van der Waals surface area contributed by atoms with Crippen LogP contribution < -0.4 is 9.64 Å². The van der Waals surface area contributed by atoms with Crippen LogP contribution in [-0.4, -0.2) is 48.6 Å². The van der Waals surface area contributed by atoms with E-state index in [-0.39, 0.29) is 29.2 Å². The number of ether oxygens (including phenoxy) is 2. The highest BCUT2D eigenvalue weighted by Crippen LogP contribution is 2.36. The Morgan fingerprint density at radius 1 is 0.969 bits per heavy atom. The lowest BCUT2D eigenvalue weighted by molar-refractivity contribution is -0.121. The van der Waals surface area contributed by atoms with E-state index in [0.29, 0.717) is 31.0 Å². The molecule has 168 valence electrons. The maximum Gasteiger partial charge on any atom is 0.282 e. The van der Waals surface area contributed by atoms with Crippen molar-refractivity contribution in [3.05, 3.63) is 65.4 Å². The first-order chi connectivity index (χ1) is 15.3. The number of amides is 2. The normalized spacial score (nSPS) is 21.5. The SMILES string of the molecule is CCOc1ccc(C2=C(N3CC(C)OC(C)C3)C(=O)N(c3ccc(F)c(F)c3)C2=O)cc1. The van der Waals surface area contributed by atoms with E-state index in [1.54, 1.807) is 24.3 Å². The second-order valence-corrected chi connectivity index (χ2v) is 7.89. The number of hydrogen-bond acceptors (Lipinski definition) is 5. The lowest BCUT2D eigenvalue weighted by Gasteiger charge is -2.37. The van der Waals surface area contributed by atoms with Gasteiger partial charge in [-0.1, -0.05) is 12.1 Å². The predicted octanol–water partition coefficient (Wildman–Crippen LogP) is 3.76. The number of anilines is 1. The number of halogens is 2. The van der Waals surface area contributed by atoms with Gasteiger partial charge >= 0.3 is 0 Å².